The topological polar surface area (TPSA) is 49.3 Å². The van der Waals surface area contributed by atoms with Crippen LogP contribution in [0.25, 0.3) is 0 Å². The van der Waals surface area contributed by atoms with Gasteiger partial charge in [-0.1, -0.05) is 24.3 Å². The molecule has 0 aliphatic rings. The number of amides is 1. The van der Waals surface area contributed by atoms with Crippen molar-refractivity contribution in [2.45, 2.75) is 13.2 Å². The van der Waals surface area contributed by atoms with Crippen LogP contribution in [0.5, 0.6) is 0 Å². The van der Waals surface area contributed by atoms with Crippen molar-refractivity contribution in [3.63, 3.8) is 0 Å². The van der Waals surface area contributed by atoms with Gasteiger partial charge in [0, 0.05) is 11.0 Å². The first-order valence-corrected chi connectivity index (χ1v) is 7.92. The van der Waals surface area contributed by atoms with E-state index in [4.69, 9.17) is 5.11 Å². The molecule has 0 unspecified atom stereocenters. The quantitative estimate of drug-likeness (QED) is 0.816. The van der Waals surface area contributed by atoms with E-state index in [1.54, 1.807) is 6.07 Å². The smallest absolute Gasteiger partial charge is 0.261 e. The Hall–Kier alpha value is -0.690. The molecule has 0 bridgehead atoms. The molecule has 100 valence electrons. The summed E-state index contributed by atoms with van der Waals surface area (Å²) in [4.78, 5) is 12.6. The number of thiophene rings is 1. The van der Waals surface area contributed by atoms with Crippen molar-refractivity contribution in [3.8, 4) is 0 Å². The molecule has 0 aliphatic carbocycles. The van der Waals surface area contributed by atoms with Crippen LogP contribution in [0.3, 0.4) is 0 Å². The number of hydrogen-bond donors (Lipinski definition) is 2. The molecule has 0 aliphatic heterocycles. The summed E-state index contributed by atoms with van der Waals surface area (Å²) in [6.45, 7) is 0.502. The van der Waals surface area contributed by atoms with E-state index >= 15 is 0 Å². The van der Waals surface area contributed by atoms with E-state index in [0.29, 0.717) is 11.4 Å². The molecule has 19 heavy (non-hydrogen) atoms. The lowest BCUT2D eigenvalue weighted by Gasteiger charge is -2.04. The summed E-state index contributed by atoms with van der Waals surface area (Å²) in [5, 5.41) is 11.8. The van der Waals surface area contributed by atoms with Crippen LogP contribution in [0, 0.1) is 0 Å². The third-order valence-corrected chi connectivity index (χ3v) is 5.78. The Bertz CT molecular complexity index is 561. The van der Waals surface area contributed by atoms with Crippen LogP contribution in [0.15, 0.2) is 38.6 Å². The zero-order chi connectivity index (χ0) is 13.8. The number of carbonyl (C=O) groups is 1. The van der Waals surface area contributed by atoms with E-state index in [-0.39, 0.29) is 12.5 Å². The number of halogens is 2. The Morgan fingerprint density at radius 3 is 2.37 bits per heavy atom. The second-order valence-corrected chi connectivity index (χ2v) is 7.11. The van der Waals surface area contributed by atoms with Crippen LogP contribution in [0.1, 0.15) is 20.8 Å². The third-order valence-electron chi connectivity index (χ3n) is 2.53. The van der Waals surface area contributed by atoms with Gasteiger partial charge in [0.05, 0.1) is 15.3 Å². The van der Waals surface area contributed by atoms with E-state index < -0.39 is 0 Å². The van der Waals surface area contributed by atoms with Gasteiger partial charge in [-0.05, 0) is 49.1 Å². The molecule has 2 aromatic rings. The molecule has 2 rings (SSSR count). The van der Waals surface area contributed by atoms with Crippen LogP contribution in [0.2, 0.25) is 0 Å². The Morgan fingerprint density at radius 2 is 1.84 bits per heavy atom. The number of benzene rings is 1. The summed E-state index contributed by atoms with van der Waals surface area (Å²) in [6, 6.07) is 9.27. The molecule has 0 atom stereocenters. The molecule has 1 aromatic heterocycles. The first-order chi connectivity index (χ1) is 9.10. The van der Waals surface area contributed by atoms with Crippen LogP contribution in [-0.2, 0) is 13.2 Å². The SMILES string of the molecule is O=C(NCc1ccc(CO)cc1)c1cc(Br)c(Br)s1. The normalized spacial score (nSPS) is 10.5. The van der Waals surface area contributed by atoms with Crippen molar-refractivity contribution in [3.05, 3.63) is 54.6 Å². The maximum atomic E-state index is 11.9. The Kier molecular flexibility index (Phi) is 5.15. The number of rotatable bonds is 4. The van der Waals surface area contributed by atoms with Crippen LogP contribution in [0.4, 0.5) is 0 Å². The highest BCUT2D eigenvalue weighted by Crippen LogP contribution is 2.32. The van der Waals surface area contributed by atoms with Gasteiger partial charge >= 0.3 is 0 Å². The van der Waals surface area contributed by atoms with E-state index in [0.717, 1.165) is 19.4 Å². The number of nitrogens with one attached hydrogen (secondary N) is 1. The molecule has 1 amide bonds. The predicted molar refractivity (Wildman–Crippen MR) is 83.3 cm³/mol. The van der Waals surface area contributed by atoms with E-state index in [1.807, 2.05) is 24.3 Å². The maximum absolute atomic E-state index is 11.9. The zero-order valence-electron chi connectivity index (χ0n) is 9.82. The van der Waals surface area contributed by atoms with Gasteiger partial charge in [-0.25, -0.2) is 0 Å². The molecule has 2 N–H and O–H groups in total. The van der Waals surface area contributed by atoms with Gasteiger partial charge in [0.25, 0.3) is 5.91 Å². The Labute approximate surface area is 131 Å². The van der Waals surface area contributed by atoms with Gasteiger partial charge in [-0.15, -0.1) is 11.3 Å². The van der Waals surface area contributed by atoms with Crippen molar-refractivity contribution >= 4 is 49.1 Å². The number of aliphatic hydroxyl groups excluding tert-OH is 1. The lowest BCUT2D eigenvalue weighted by Crippen LogP contribution is -2.21. The molecule has 6 heteroatoms. The monoisotopic (exact) mass is 403 g/mol. The fourth-order valence-corrected chi connectivity index (χ4v) is 3.44. The average molecular weight is 405 g/mol. The van der Waals surface area contributed by atoms with Gasteiger partial charge in [0.15, 0.2) is 0 Å². The summed E-state index contributed by atoms with van der Waals surface area (Å²) < 4.78 is 1.79. The molecule has 0 saturated carbocycles. The summed E-state index contributed by atoms with van der Waals surface area (Å²) in [5.74, 6) is -0.0948. The van der Waals surface area contributed by atoms with Gasteiger partial charge in [-0.3, -0.25) is 4.79 Å². The largest absolute Gasteiger partial charge is 0.392 e. The van der Waals surface area contributed by atoms with Gasteiger partial charge in [0.1, 0.15) is 0 Å². The van der Waals surface area contributed by atoms with Gasteiger partial charge in [0.2, 0.25) is 0 Å². The highest BCUT2D eigenvalue weighted by Gasteiger charge is 2.11. The van der Waals surface area contributed by atoms with Crippen molar-refractivity contribution < 1.29 is 9.90 Å². The van der Waals surface area contributed by atoms with E-state index in [1.165, 1.54) is 11.3 Å². The summed E-state index contributed by atoms with van der Waals surface area (Å²) in [6.07, 6.45) is 0. The zero-order valence-corrected chi connectivity index (χ0v) is 13.8. The summed E-state index contributed by atoms with van der Waals surface area (Å²) >= 11 is 8.11. The molecular formula is C13H11Br2NO2S. The van der Waals surface area contributed by atoms with Crippen molar-refractivity contribution in [2.24, 2.45) is 0 Å². The number of hydrogen-bond acceptors (Lipinski definition) is 3. The minimum atomic E-state index is -0.0948. The standard InChI is InChI=1S/C13H11Br2NO2S/c14-10-5-11(19-12(10)15)13(18)16-6-8-1-3-9(7-17)4-2-8/h1-5,17H,6-7H2,(H,16,18). The number of aliphatic hydroxyl groups is 1. The Morgan fingerprint density at radius 1 is 1.21 bits per heavy atom. The van der Waals surface area contributed by atoms with Gasteiger partial charge < -0.3 is 10.4 Å². The second kappa shape index (κ2) is 6.65. The maximum Gasteiger partial charge on any atom is 0.261 e. The molecule has 0 saturated heterocycles. The fourth-order valence-electron chi connectivity index (χ4n) is 1.49. The predicted octanol–water partition coefficient (Wildman–Crippen LogP) is 3.70. The average Bonchev–Trinajstić information content (AvgIpc) is 2.77. The van der Waals surface area contributed by atoms with E-state index in [2.05, 4.69) is 37.2 Å². The molecule has 0 radical (unpaired) electrons. The molecule has 0 spiro atoms. The van der Waals surface area contributed by atoms with Crippen LogP contribution in [-0.4, -0.2) is 11.0 Å². The van der Waals surface area contributed by atoms with Crippen LogP contribution >= 0.6 is 43.2 Å². The first-order valence-electron chi connectivity index (χ1n) is 5.52. The lowest BCUT2D eigenvalue weighted by molar-refractivity contribution is 0.0955. The summed E-state index contributed by atoms with van der Waals surface area (Å²) in [7, 11) is 0. The lowest BCUT2D eigenvalue weighted by atomic mass is 10.1. The molecular weight excluding hydrogens is 394 g/mol. The van der Waals surface area contributed by atoms with Gasteiger partial charge in [-0.2, -0.15) is 0 Å². The first kappa shape index (κ1) is 14.7. The molecule has 1 aromatic carbocycles. The van der Waals surface area contributed by atoms with Crippen molar-refractivity contribution in [1.29, 1.82) is 0 Å². The van der Waals surface area contributed by atoms with Crippen LogP contribution < -0.4 is 5.32 Å². The fraction of sp³-hybridized carbons (Fsp3) is 0.154. The number of carbonyl (C=O) groups excluding carboxylic acids is 1. The molecule has 3 nitrogen and oxygen atoms in total. The van der Waals surface area contributed by atoms with E-state index in [9.17, 15) is 4.79 Å². The Balaban J connectivity index is 1.96. The van der Waals surface area contributed by atoms with Crippen molar-refractivity contribution in [2.75, 3.05) is 0 Å². The highest BCUT2D eigenvalue weighted by atomic mass is 79.9. The summed E-state index contributed by atoms with van der Waals surface area (Å²) in [5.41, 5.74) is 1.86. The van der Waals surface area contributed by atoms with Crippen molar-refractivity contribution in [1.82, 2.24) is 5.32 Å². The molecule has 1 heterocycles. The minimum Gasteiger partial charge on any atom is -0.392 e. The minimum absolute atomic E-state index is 0.0316. The third kappa shape index (κ3) is 3.89. The highest BCUT2D eigenvalue weighted by molar-refractivity contribution is 9.13. The second-order valence-electron chi connectivity index (χ2n) is 3.89. The molecule has 0 fully saturated rings.